The summed E-state index contributed by atoms with van der Waals surface area (Å²) < 4.78 is 5.95. The van der Waals surface area contributed by atoms with E-state index in [1.54, 1.807) is 0 Å². The van der Waals surface area contributed by atoms with Crippen LogP contribution in [-0.4, -0.2) is 25.8 Å². The van der Waals surface area contributed by atoms with Crippen LogP contribution in [0.2, 0.25) is 0 Å². The molecular weight excluding hydrogens is 210 g/mol. The highest BCUT2D eigenvalue weighted by Crippen LogP contribution is 2.07. The first-order valence-corrected chi connectivity index (χ1v) is 7.38. The third kappa shape index (κ3) is 12.2. The van der Waals surface area contributed by atoms with Crippen molar-refractivity contribution >= 4 is 0 Å². The number of ether oxygens (including phenoxy) is 1. The van der Waals surface area contributed by atoms with Gasteiger partial charge in [-0.25, -0.2) is 0 Å². The molecule has 1 atom stereocenters. The van der Waals surface area contributed by atoms with Crippen LogP contribution in [-0.2, 0) is 4.74 Å². The Bertz CT molecular complexity index is 157. The molecule has 0 aromatic rings. The Kier molecular flexibility index (Phi) is 11.0. The first kappa shape index (κ1) is 16.9. The maximum atomic E-state index is 5.95. The van der Waals surface area contributed by atoms with Gasteiger partial charge in [-0.1, -0.05) is 41.0 Å². The standard InChI is InChI=1S/C15H33NO/c1-6-8-15(12-16-11-14(4)5)17-10-7-9-13(2)3/h13-16H,6-12H2,1-5H3. The van der Waals surface area contributed by atoms with Crippen molar-refractivity contribution < 1.29 is 4.74 Å². The van der Waals surface area contributed by atoms with Gasteiger partial charge in [0.2, 0.25) is 0 Å². The second-order valence-electron chi connectivity index (χ2n) is 5.87. The Hall–Kier alpha value is -0.0800. The summed E-state index contributed by atoms with van der Waals surface area (Å²) >= 11 is 0. The summed E-state index contributed by atoms with van der Waals surface area (Å²) in [5.74, 6) is 1.51. The van der Waals surface area contributed by atoms with E-state index >= 15 is 0 Å². The zero-order valence-corrected chi connectivity index (χ0v) is 12.6. The van der Waals surface area contributed by atoms with Crippen LogP contribution in [0.3, 0.4) is 0 Å². The normalized spacial score (nSPS) is 13.6. The second-order valence-corrected chi connectivity index (χ2v) is 5.87. The Labute approximate surface area is 109 Å². The maximum Gasteiger partial charge on any atom is 0.0699 e. The number of nitrogens with one attached hydrogen (secondary N) is 1. The average Bonchev–Trinajstić information content (AvgIpc) is 2.23. The summed E-state index contributed by atoms with van der Waals surface area (Å²) in [6.07, 6.45) is 5.26. The highest BCUT2D eigenvalue weighted by molar-refractivity contribution is 4.62. The lowest BCUT2D eigenvalue weighted by molar-refractivity contribution is 0.0431. The van der Waals surface area contributed by atoms with Gasteiger partial charge >= 0.3 is 0 Å². The monoisotopic (exact) mass is 243 g/mol. The summed E-state index contributed by atoms with van der Waals surface area (Å²) in [6.45, 7) is 14.3. The molecule has 0 aromatic carbocycles. The molecule has 0 saturated heterocycles. The van der Waals surface area contributed by atoms with Gasteiger partial charge in [-0.2, -0.15) is 0 Å². The number of hydrogen-bond acceptors (Lipinski definition) is 2. The second kappa shape index (κ2) is 11.0. The van der Waals surface area contributed by atoms with E-state index in [-0.39, 0.29) is 0 Å². The molecule has 0 aliphatic carbocycles. The van der Waals surface area contributed by atoms with E-state index < -0.39 is 0 Å². The molecule has 0 saturated carbocycles. The fourth-order valence-electron chi connectivity index (χ4n) is 1.84. The van der Waals surface area contributed by atoms with Gasteiger partial charge < -0.3 is 10.1 Å². The quantitative estimate of drug-likeness (QED) is 0.556. The Morgan fingerprint density at radius 1 is 0.941 bits per heavy atom. The van der Waals surface area contributed by atoms with Crippen molar-refractivity contribution in [2.75, 3.05) is 19.7 Å². The van der Waals surface area contributed by atoms with E-state index in [0.717, 1.165) is 31.5 Å². The molecule has 0 heterocycles. The van der Waals surface area contributed by atoms with E-state index in [0.29, 0.717) is 6.10 Å². The first-order valence-electron chi connectivity index (χ1n) is 7.38. The van der Waals surface area contributed by atoms with Crippen LogP contribution in [0.5, 0.6) is 0 Å². The van der Waals surface area contributed by atoms with Crippen LogP contribution in [0.25, 0.3) is 0 Å². The summed E-state index contributed by atoms with van der Waals surface area (Å²) in [4.78, 5) is 0. The molecule has 0 aromatic heterocycles. The Balaban J connectivity index is 3.59. The lowest BCUT2D eigenvalue weighted by Crippen LogP contribution is -2.31. The number of hydrogen-bond donors (Lipinski definition) is 1. The van der Waals surface area contributed by atoms with Crippen LogP contribution in [0, 0.1) is 11.8 Å². The minimum atomic E-state index is 0.408. The minimum Gasteiger partial charge on any atom is -0.377 e. The van der Waals surface area contributed by atoms with Crippen molar-refractivity contribution in [1.29, 1.82) is 0 Å². The van der Waals surface area contributed by atoms with Crippen molar-refractivity contribution in [2.45, 2.75) is 66.4 Å². The molecule has 0 fully saturated rings. The molecule has 1 unspecified atom stereocenters. The minimum absolute atomic E-state index is 0.408. The SMILES string of the molecule is CCCC(CNCC(C)C)OCCCC(C)C. The molecule has 2 heteroatoms. The highest BCUT2D eigenvalue weighted by Gasteiger charge is 2.08. The Morgan fingerprint density at radius 3 is 2.18 bits per heavy atom. The summed E-state index contributed by atoms with van der Waals surface area (Å²) in [5, 5.41) is 3.49. The highest BCUT2D eigenvalue weighted by atomic mass is 16.5. The third-order valence-corrected chi connectivity index (χ3v) is 2.81. The first-order chi connectivity index (χ1) is 8.06. The Morgan fingerprint density at radius 2 is 1.65 bits per heavy atom. The van der Waals surface area contributed by atoms with Crippen molar-refractivity contribution in [3.63, 3.8) is 0 Å². The predicted octanol–water partition coefficient (Wildman–Crippen LogP) is 3.85. The topological polar surface area (TPSA) is 21.3 Å². The van der Waals surface area contributed by atoms with Gasteiger partial charge in [-0.05, 0) is 37.6 Å². The predicted molar refractivity (Wildman–Crippen MR) is 76.4 cm³/mol. The lowest BCUT2D eigenvalue weighted by atomic mass is 10.1. The van der Waals surface area contributed by atoms with Gasteiger partial charge in [0.1, 0.15) is 0 Å². The maximum absolute atomic E-state index is 5.95. The van der Waals surface area contributed by atoms with Crippen molar-refractivity contribution in [3.8, 4) is 0 Å². The van der Waals surface area contributed by atoms with Gasteiger partial charge in [0.25, 0.3) is 0 Å². The van der Waals surface area contributed by atoms with Crippen LogP contribution in [0.1, 0.15) is 60.3 Å². The molecule has 0 aliphatic heterocycles. The molecule has 0 rings (SSSR count). The number of rotatable bonds is 11. The van der Waals surface area contributed by atoms with Crippen molar-refractivity contribution in [2.24, 2.45) is 11.8 Å². The summed E-state index contributed by atoms with van der Waals surface area (Å²) in [6, 6.07) is 0. The van der Waals surface area contributed by atoms with Gasteiger partial charge in [-0.3, -0.25) is 0 Å². The van der Waals surface area contributed by atoms with Crippen LogP contribution >= 0.6 is 0 Å². The van der Waals surface area contributed by atoms with E-state index in [4.69, 9.17) is 4.74 Å². The van der Waals surface area contributed by atoms with Gasteiger partial charge in [0, 0.05) is 13.2 Å². The molecule has 0 aliphatic rings. The fraction of sp³-hybridized carbons (Fsp3) is 1.00. The molecule has 0 bridgehead atoms. The largest absolute Gasteiger partial charge is 0.377 e. The molecular formula is C15H33NO. The van der Waals surface area contributed by atoms with E-state index in [9.17, 15) is 0 Å². The molecule has 0 spiro atoms. The van der Waals surface area contributed by atoms with Crippen molar-refractivity contribution in [3.05, 3.63) is 0 Å². The smallest absolute Gasteiger partial charge is 0.0699 e. The van der Waals surface area contributed by atoms with Gasteiger partial charge in [0.05, 0.1) is 6.10 Å². The van der Waals surface area contributed by atoms with Crippen LogP contribution in [0.4, 0.5) is 0 Å². The van der Waals surface area contributed by atoms with Gasteiger partial charge in [-0.15, -0.1) is 0 Å². The van der Waals surface area contributed by atoms with Crippen molar-refractivity contribution in [1.82, 2.24) is 5.32 Å². The molecule has 1 N–H and O–H groups in total. The molecule has 104 valence electrons. The van der Waals surface area contributed by atoms with Gasteiger partial charge in [0.15, 0.2) is 0 Å². The van der Waals surface area contributed by atoms with E-state index in [1.165, 1.54) is 25.7 Å². The average molecular weight is 243 g/mol. The van der Waals surface area contributed by atoms with E-state index in [2.05, 4.69) is 39.9 Å². The zero-order chi connectivity index (χ0) is 13.1. The third-order valence-electron chi connectivity index (χ3n) is 2.81. The fourth-order valence-corrected chi connectivity index (χ4v) is 1.84. The zero-order valence-electron chi connectivity index (χ0n) is 12.6. The lowest BCUT2D eigenvalue weighted by Gasteiger charge is -2.19. The summed E-state index contributed by atoms with van der Waals surface area (Å²) in [7, 11) is 0. The van der Waals surface area contributed by atoms with Crippen LogP contribution < -0.4 is 5.32 Å². The molecule has 0 radical (unpaired) electrons. The molecule has 0 amide bonds. The summed E-state index contributed by atoms with van der Waals surface area (Å²) in [5.41, 5.74) is 0. The van der Waals surface area contributed by atoms with E-state index in [1.807, 2.05) is 0 Å². The van der Waals surface area contributed by atoms with Crippen LogP contribution in [0.15, 0.2) is 0 Å². The molecule has 2 nitrogen and oxygen atoms in total. The molecule has 17 heavy (non-hydrogen) atoms.